The lowest BCUT2D eigenvalue weighted by atomic mass is 9.84. The number of hydrogen-bond donors (Lipinski definition) is 1. The molecular formula is C25H31N3O2. The average molecular weight is 406 g/mol. The molecule has 0 spiro atoms. The minimum atomic E-state index is -0.453. The topological polar surface area (TPSA) is 75.8 Å². The highest BCUT2D eigenvalue weighted by atomic mass is 16.2. The fraction of sp³-hybridized carbons (Fsp3) is 0.400. The van der Waals surface area contributed by atoms with Gasteiger partial charge in [0.1, 0.15) is 0 Å². The number of ketones is 1. The number of rotatable bonds is 7. The van der Waals surface area contributed by atoms with E-state index in [-0.39, 0.29) is 23.6 Å². The number of hydrogen-bond acceptors (Lipinski definition) is 4. The third-order valence-electron chi connectivity index (χ3n) is 6.04. The molecule has 0 fully saturated rings. The monoisotopic (exact) mass is 405 g/mol. The van der Waals surface area contributed by atoms with E-state index in [2.05, 4.69) is 44.0 Å². The van der Waals surface area contributed by atoms with Crippen molar-refractivity contribution in [3.05, 3.63) is 70.8 Å². The molecule has 30 heavy (non-hydrogen) atoms. The van der Waals surface area contributed by atoms with Gasteiger partial charge in [-0.05, 0) is 37.3 Å². The molecule has 2 N–H and O–H groups in total. The molecule has 2 aromatic carbocycles. The quantitative estimate of drug-likeness (QED) is 0.699. The third-order valence-corrected chi connectivity index (χ3v) is 6.04. The van der Waals surface area contributed by atoms with Crippen LogP contribution in [-0.4, -0.2) is 28.1 Å². The van der Waals surface area contributed by atoms with Crippen molar-refractivity contribution >= 4 is 17.6 Å². The summed E-state index contributed by atoms with van der Waals surface area (Å²) in [6.07, 6.45) is 1.55. The first-order chi connectivity index (χ1) is 14.2. The van der Waals surface area contributed by atoms with Gasteiger partial charge in [-0.2, -0.15) is 0 Å². The zero-order valence-electron chi connectivity index (χ0n) is 18.3. The Kier molecular flexibility index (Phi) is 6.40. The Morgan fingerprint density at radius 2 is 1.87 bits per heavy atom. The summed E-state index contributed by atoms with van der Waals surface area (Å²) in [4.78, 5) is 31.3. The number of nitrogens with two attached hydrogens (primary N) is 1. The van der Waals surface area contributed by atoms with Gasteiger partial charge in [-0.15, -0.1) is 0 Å². The Morgan fingerprint density at radius 3 is 2.47 bits per heavy atom. The first kappa shape index (κ1) is 21.8. The summed E-state index contributed by atoms with van der Waals surface area (Å²) < 4.78 is 0. The zero-order valence-corrected chi connectivity index (χ0v) is 18.3. The van der Waals surface area contributed by atoms with Gasteiger partial charge in [0.25, 0.3) is 0 Å². The molecule has 0 aliphatic carbocycles. The van der Waals surface area contributed by atoms with E-state index in [1.54, 1.807) is 0 Å². The highest BCUT2D eigenvalue weighted by Crippen LogP contribution is 2.30. The van der Waals surface area contributed by atoms with Crippen LogP contribution >= 0.6 is 0 Å². The molecule has 0 saturated carbocycles. The van der Waals surface area contributed by atoms with Crippen LogP contribution in [0.4, 0.5) is 0 Å². The Balaban J connectivity index is 1.63. The van der Waals surface area contributed by atoms with Gasteiger partial charge in [0.15, 0.2) is 11.7 Å². The smallest absolute Gasteiger partial charge is 0.232 e. The molecule has 0 aromatic heterocycles. The SMILES string of the molecule is Cc1cccc(CCC(=O)c2ccc(CN3C(=O)C[C@@](C)(C(C)C)N=C3N)cc2)c1. The van der Waals surface area contributed by atoms with Gasteiger partial charge in [0.2, 0.25) is 5.91 Å². The van der Waals surface area contributed by atoms with Crippen LogP contribution < -0.4 is 5.73 Å². The number of aliphatic imine (C=N–C) groups is 1. The molecule has 2 aromatic rings. The van der Waals surface area contributed by atoms with Gasteiger partial charge in [0.05, 0.1) is 18.5 Å². The lowest BCUT2D eigenvalue weighted by Crippen LogP contribution is -2.51. The number of aryl methyl sites for hydroxylation is 2. The number of guanidine groups is 1. The van der Waals surface area contributed by atoms with Crippen molar-refractivity contribution in [2.75, 3.05) is 0 Å². The van der Waals surface area contributed by atoms with Crippen molar-refractivity contribution in [3.63, 3.8) is 0 Å². The first-order valence-corrected chi connectivity index (χ1v) is 10.5. The van der Waals surface area contributed by atoms with Gasteiger partial charge in [-0.1, -0.05) is 67.9 Å². The van der Waals surface area contributed by atoms with Crippen molar-refractivity contribution in [1.29, 1.82) is 0 Å². The third kappa shape index (κ3) is 4.96. The molecule has 3 rings (SSSR count). The molecule has 5 nitrogen and oxygen atoms in total. The van der Waals surface area contributed by atoms with Gasteiger partial charge in [-0.3, -0.25) is 14.5 Å². The van der Waals surface area contributed by atoms with Gasteiger partial charge in [0, 0.05) is 12.0 Å². The largest absolute Gasteiger partial charge is 0.369 e. The standard InChI is InChI=1S/C25H31N3O2/c1-17(2)25(4)15-23(30)28(24(26)27-25)16-20-8-11-21(12-9-20)22(29)13-10-19-7-5-6-18(3)14-19/h5-9,11-12,14,17H,10,13,15-16H2,1-4H3,(H2,26,27)/t25-/m0/s1. The van der Waals surface area contributed by atoms with Crippen molar-refractivity contribution < 1.29 is 9.59 Å². The molecule has 1 aliphatic heterocycles. The maximum absolute atomic E-state index is 12.7. The average Bonchev–Trinajstić information content (AvgIpc) is 2.69. The van der Waals surface area contributed by atoms with E-state index in [1.807, 2.05) is 37.3 Å². The minimum absolute atomic E-state index is 0.0167. The second kappa shape index (κ2) is 8.82. The summed E-state index contributed by atoms with van der Waals surface area (Å²) in [5.41, 5.74) is 9.64. The summed E-state index contributed by atoms with van der Waals surface area (Å²) in [7, 11) is 0. The van der Waals surface area contributed by atoms with E-state index in [0.717, 1.165) is 12.0 Å². The number of nitrogens with zero attached hydrogens (tertiary/aromatic N) is 2. The first-order valence-electron chi connectivity index (χ1n) is 10.5. The Bertz CT molecular complexity index is 963. The van der Waals surface area contributed by atoms with Crippen LogP contribution in [0.2, 0.25) is 0 Å². The lowest BCUT2D eigenvalue weighted by molar-refractivity contribution is -0.130. The molecule has 1 amide bonds. The Labute approximate surface area is 179 Å². The van der Waals surface area contributed by atoms with Crippen LogP contribution in [0.3, 0.4) is 0 Å². The van der Waals surface area contributed by atoms with Crippen LogP contribution in [0.15, 0.2) is 53.5 Å². The fourth-order valence-corrected chi connectivity index (χ4v) is 3.64. The number of amides is 1. The number of benzene rings is 2. The van der Waals surface area contributed by atoms with Gasteiger partial charge in [-0.25, -0.2) is 4.99 Å². The van der Waals surface area contributed by atoms with Crippen molar-refractivity contribution in [2.24, 2.45) is 16.6 Å². The molecule has 0 unspecified atom stereocenters. The second-order valence-electron chi connectivity index (χ2n) is 8.75. The van der Waals surface area contributed by atoms with E-state index in [0.29, 0.717) is 24.9 Å². The normalized spacial score (nSPS) is 19.2. The Hall–Kier alpha value is -2.95. The minimum Gasteiger partial charge on any atom is -0.369 e. The summed E-state index contributed by atoms with van der Waals surface area (Å²) in [5.74, 6) is 0.593. The van der Waals surface area contributed by atoms with Crippen LogP contribution in [0, 0.1) is 12.8 Å². The van der Waals surface area contributed by atoms with E-state index in [9.17, 15) is 9.59 Å². The molecular weight excluding hydrogens is 374 g/mol. The molecule has 1 aliphatic rings. The molecule has 1 atom stereocenters. The van der Waals surface area contributed by atoms with E-state index in [1.165, 1.54) is 16.0 Å². The van der Waals surface area contributed by atoms with Crippen LogP contribution in [0.1, 0.15) is 60.7 Å². The van der Waals surface area contributed by atoms with Gasteiger partial charge < -0.3 is 5.73 Å². The summed E-state index contributed by atoms with van der Waals surface area (Å²) in [5, 5.41) is 0. The maximum Gasteiger partial charge on any atom is 0.232 e. The summed E-state index contributed by atoms with van der Waals surface area (Å²) in [6.45, 7) is 8.48. The lowest BCUT2D eigenvalue weighted by Gasteiger charge is -2.37. The number of carbonyl (C=O) groups is 2. The fourth-order valence-electron chi connectivity index (χ4n) is 3.64. The molecule has 0 bridgehead atoms. The van der Waals surface area contributed by atoms with Crippen LogP contribution in [0.5, 0.6) is 0 Å². The number of carbonyl (C=O) groups excluding carboxylic acids is 2. The van der Waals surface area contributed by atoms with E-state index < -0.39 is 5.54 Å². The van der Waals surface area contributed by atoms with Crippen LogP contribution in [0.25, 0.3) is 0 Å². The molecule has 1 heterocycles. The van der Waals surface area contributed by atoms with Crippen molar-refractivity contribution in [3.8, 4) is 0 Å². The van der Waals surface area contributed by atoms with E-state index in [4.69, 9.17) is 5.73 Å². The Morgan fingerprint density at radius 1 is 1.17 bits per heavy atom. The zero-order chi connectivity index (χ0) is 21.9. The summed E-state index contributed by atoms with van der Waals surface area (Å²) in [6, 6.07) is 15.7. The highest BCUT2D eigenvalue weighted by molar-refractivity contribution is 5.99. The number of Topliss-reactive ketones (excluding diaryl/α,β-unsaturated/α-hetero) is 1. The predicted molar refractivity (Wildman–Crippen MR) is 120 cm³/mol. The van der Waals surface area contributed by atoms with E-state index >= 15 is 0 Å². The van der Waals surface area contributed by atoms with Crippen molar-refractivity contribution in [1.82, 2.24) is 4.90 Å². The second-order valence-corrected chi connectivity index (χ2v) is 8.75. The maximum atomic E-state index is 12.7. The van der Waals surface area contributed by atoms with Gasteiger partial charge >= 0.3 is 0 Å². The molecule has 5 heteroatoms. The predicted octanol–water partition coefficient (Wildman–Crippen LogP) is 4.27. The molecule has 0 saturated heterocycles. The molecule has 158 valence electrons. The highest BCUT2D eigenvalue weighted by Gasteiger charge is 2.38. The summed E-state index contributed by atoms with van der Waals surface area (Å²) >= 11 is 0. The van der Waals surface area contributed by atoms with Crippen LogP contribution in [-0.2, 0) is 17.8 Å². The van der Waals surface area contributed by atoms with Crippen molar-refractivity contribution in [2.45, 2.75) is 59.0 Å². The molecule has 0 radical (unpaired) electrons.